The molecule has 0 saturated carbocycles. The molecule has 3 nitrogen and oxygen atoms in total. The quantitative estimate of drug-likeness (QED) is 0.625. The van der Waals surface area contributed by atoms with Crippen molar-refractivity contribution in [2.45, 2.75) is 25.8 Å². The van der Waals surface area contributed by atoms with Crippen molar-refractivity contribution in [1.82, 2.24) is 9.88 Å². The van der Waals surface area contributed by atoms with E-state index in [9.17, 15) is 4.79 Å². The van der Waals surface area contributed by atoms with Gasteiger partial charge in [0.2, 0.25) is 5.91 Å². The van der Waals surface area contributed by atoms with Gasteiger partial charge in [-0.2, -0.15) is 0 Å². The molecule has 1 fully saturated rings. The maximum atomic E-state index is 12.7. The first-order valence-corrected chi connectivity index (χ1v) is 9.44. The van der Waals surface area contributed by atoms with E-state index in [-0.39, 0.29) is 11.9 Å². The molecule has 0 N–H and O–H groups in total. The second-order valence-electron chi connectivity index (χ2n) is 6.40. The van der Waals surface area contributed by atoms with Crippen molar-refractivity contribution in [1.29, 1.82) is 0 Å². The van der Waals surface area contributed by atoms with Crippen LogP contribution in [-0.4, -0.2) is 22.3 Å². The van der Waals surface area contributed by atoms with Gasteiger partial charge in [0.15, 0.2) is 0 Å². The van der Waals surface area contributed by atoms with Gasteiger partial charge in [-0.1, -0.05) is 36.4 Å². The molecule has 2 heterocycles. The molecular weight excluding hydrogens is 328 g/mol. The summed E-state index contributed by atoms with van der Waals surface area (Å²) in [5, 5.41) is 0.876. The van der Waals surface area contributed by atoms with E-state index in [1.165, 1.54) is 11.1 Å². The number of benzene rings is 2. The smallest absolute Gasteiger partial charge is 0.247 e. The maximum absolute atomic E-state index is 12.7. The number of nitrogens with zero attached hydrogens (tertiary/aromatic N) is 2. The van der Waals surface area contributed by atoms with Gasteiger partial charge in [-0.3, -0.25) is 4.79 Å². The van der Waals surface area contributed by atoms with Gasteiger partial charge < -0.3 is 4.90 Å². The van der Waals surface area contributed by atoms with Crippen molar-refractivity contribution >= 4 is 33.5 Å². The molecule has 0 bridgehead atoms. The minimum absolute atomic E-state index is 0.0741. The molecule has 1 aliphatic rings. The van der Waals surface area contributed by atoms with Gasteiger partial charge in [0.05, 0.1) is 16.3 Å². The number of aryl methyl sites for hydroxylation is 1. The molecule has 1 amide bonds. The van der Waals surface area contributed by atoms with Crippen LogP contribution < -0.4 is 0 Å². The molecule has 25 heavy (non-hydrogen) atoms. The van der Waals surface area contributed by atoms with Gasteiger partial charge >= 0.3 is 0 Å². The Labute approximate surface area is 151 Å². The number of aromatic nitrogens is 1. The van der Waals surface area contributed by atoms with Gasteiger partial charge in [0.25, 0.3) is 0 Å². The third-order valence-corrected chi connectivity index (χ3v) is 5.76. The third kappa shape index (κ3) is 3.22. The molecule has 1 atom stereocenters. The molecule has 2 aromatic carbocycles. The normalized spacial score (nSPS) is 17.6. The summed E-state index contributed by atoms with van der Waals surface area (Å²) in [7, 11) is 0. The molecule has 1 aliphatic heterocycles. The molecule has 4 rings (SSSR count). The summed E-state index contributed by atoms with van der Waals surface area (Å²) in [4.78, 5) is 19.3. The lowest BCUT2D eigenvalue weighted by Gasteiger charge is -2.25. The highest BCUT2D eigenvalue weighted by atomic mass is 32.1. The van der Waals surface area contributed by atoms with Crippen LogP contribution in [0, 0.1) is 6.92 Å². The van der Waals surface area contributed by atoms with Crippen molar-refractivity contribution in [2.24, 2.45) is 0 Å². The number of fused-ring (bicyclic) bond motifs is 1. The summed E-state index contributed by atoms with van der Waals surface area (Å²) in [6, 6.07) is 16.6. The Morgan fingerprint density at radius 2 is 2.00 bits per heavy atom. The Morgan fingerprint density at radius 1 is 1.20 bits per heavy atom. The van der Waals surface area contributed by atoms with Crippen molar-refractivity contribution < 1.29 is 4.79 Å². The van der Waals surface area contributed by atoms with E-state index >= 15 is 0 Å². The Balaban J connectivity index is 1.54. The predicted octanol–water partition coefficient (Wildman–Crippen LogP) is 4.98. The van der Waals surface area contributed by atoms with Crippen LogP contribution >= 0.6 is 11.3 Å². The molecule has 0 spiro atoms. The Hall–Kier alpha value is -2.46. The van der Waals surface area contributed by atoms with Crippen LogP contribution in [0.2, 0.25) is 0 Å². The summed E-state index contributed by atoms with van der Waals surface area (Å²) in [5.41, 5.74) is 3.50. The fourth-order valence-electron chi connectivity index (χ4n) is 3.51. The molecule has 3 aromatic rings. The number of amides is 1. The highest BCUT2D eigenvalue weighted by Gasteiger charge is 2.29. The fraction of sp³-hybridized carbons (Fsp3) is 0.238. The van der Waals surface area contributed by atoms with Crippen LogP contribution in [0.15, 0.2) is 54.6 Å². The first kappa shape index (κ1) is 16.0. The minimum Gasteiger partial charge on any atom is -0.332 e. The molecule has 1 aromatic heterocycles. The number of thiazole rings is 1. The number of hydrogen-bond acceptors (Lipinski definition) is 3. The van der Waals surface area contributed by atoms with E-state index in [1.54, 1.807) is 17.4 Å². The van der Waals surface area contributed by atoms with Crippen LogP contribution in [0.25, 0.3) is 16.3 Å². The zero-order valence-corrected chi connectivity index (χ0v) is 15.0. The topological polar surface area (TPSA) is 33.2 Å². The predicted molar refractivity (Wildman–Crippen MR) is 104 cm³/mol. The van der Waals surface area contributed by atoms with Crippen LogP contribution in [0.5, 0.6) is 0 Å². The zero-order valence-electron chi connectivity index (χ0n) is 14.2. The van der Waals surface area contributed by atoms with Crippen molar-refractivity contribution in [2.75, 3.05) is 6.54 Å². The number of rotatable bonds is 3. The number of para-hydroxylation sites is 1. The van der Waals surface area contributed by atoms with Crippen LogP contribution in [0.4, 0.5) is 0 Å². The fourth-order valence-corrected chi connectivity index (χ4v) is 4.38. The van der Waals surface area contributed by atoms with Gasteiger partial charge in [-0.05, 0) is 49.1 Å². The average Bonchev–Trinajstić information content (AvgIpc) is 3.26. The van der Waals surface area contributed by atoms with E-state index in [4.69, 9.17) is 0 Å². The number of carbonyl (C=O) groups is 1. The highest BCUT2D eigenvalue weighted by molar-refractivity contribution is 7.19. The summed E-state index contributed by atoms with van der Waals surface area (Å²) < 4.78 is 1.15. The molecule has 0 aliphatic carbocycles. The Morgan fingerprint density at radius 3 is 2.84 bits per heavy atom. The van der Waals surface area contributed by atoms with Gasteiger partial charge in [0.1, 0.15) is 5.01 Å². The van der Waals surface area contributed by atoms with Crippen LogP contribution in [0.1, 0.15) is 35.0 Å². The van der Waals surface area contributed by atoms with E-state index < -0.39 is 0 Å². The highest BCUT2D eigenvalue weighted by Crippen LogP contribution is 2.34. The standard InChI is InChI=1S/C21H20N2OS/c1-15-7-2-3-8-16(15)18-10-6-14-23(18)21(24)13-12-20-22-17-9-4-5-11-19(17)25-20/h2-5,7-9,11-13,18H,6,10,14H2,1H3/b13-12+. The summed E-state index contributed by atoms with van der Waals surface area (Å²) in [6.45, 7) is 2.94. The van der Waals surface area contributed by atoms with E-state index in [2.05, 4.69) is 36.2 Å². The molecule has 1 saturated heterocycles. The van der Waals surface area contributed by atoms with Crippen molar-refractivity contribution in [3.8, 4) is 0 Å². The second kappa shape index (κ2) is 6.81. The summed E-state index contributed by atoms with van der Waals surface area (Å²) in [5.74, 6) is 0.0741. The Bertz CT molecular complexity index is 911. The summed E-state index contributed by atoms with van der Waals surface area (Å²) in [6.07, 6.45) is 5.61. The maximum Gasteiger partial charge on any atom is 0.247 e. The lowest BCUT2D eigenvalue weighted by atomic mass is 9.99. The molecular formula is C21H20N2OS. The summed E-state index contributed by atoms with van der Waals surface area (Å²) >= 11 is 1.61. The molecule has 4 heteroatoms. The number of likely N-dealkylation sites (tertiary alicyclic amines) is 1. The van der Waals surface area contributed by atoms with E-state index in [0.717, 1.165) is 34.6 Å². The molecule has 0 radical (unpaired) electrons. The SMILES string of the molecule is Cc1ccccc1C1CCCN1C(=O)/C=C/c1nc2ccccc2s1. The number of carbonyl (C=O) groups excluding carboxylic acids is 1. The lowest BCUT2D eigenvalue weighted by Crippen LogP contribution is -2.29. The second-order valence-corrected chi connectivity index (χ2v) is 7.46. The van der Waals surface area contributed by atoms with Crippen LogP contribution in [0.3, 0.4) is 0 Å². The third-order valence-electron chi connectivity index (χ3n) is 4.76. The first-order valence-electron chi connectivity index (χ1n) is 8.62. The van der Waals surface area contributed by atoms with E-state index in [1.807, 2.05) is 35.2 Å². The van der Waals surface area contributed by atoms with E-state index in [0.29, 0.717) is 0 Å². The first-order chi connectivity index (χ1) is 12.2. The molecule has 1 unspecified atom stereocenters. The zero-order chi connectivity index (χ0) is 17.2. The monoisotopic (exact) mass is 348 g/mol. The van der Waals surface area contributed by atoms with Gasteiger partial charge in [0, 0.05) is 12.6 Å². The Kier molecular flexibility index (Phi) is 4.36. The van der Waals surface area contributed by atoms with Crippen LogP contribution in [-0.2, 0) is 4.79 Å². The van der Waals surface area contributed by atoms with Crippen molar-refractivity contribution in [3.05, 3.63) is 70.7 Å². The minimum atomic E-state index is 0.0741. The molecule has 126 valence electrons. The number of hydrogen-bond donors (Lipinski definition) is 0. The van der Waals surface area contributed by atoms with Gasteiger partial charge in [-0.25, -0.2) is 4.98 Å². The van der Waals surface area contributed by atoms with Crippen molar-refractivity contribution in [3.63, 3.8) is 0 Å². The lowest BCUT2D eigenvalue weighted by molar-refractivity contribution is -0.126. The average molecular weight is 348 g/mol. The van der Waals surface area contributed by atoms with Gasteiger partial charge in [-0.15, -0.1) is 11.3 Å². The largest absolute Gasteiger partial charge is 0.332 e.